The van der Waals surface area contributed by atoms with E-state index in [0.717, 1.165) is 22.6 Å². The number of hydrogen-bond donors (Lipinski definition) is 1. The molecule has 1 amide bonds. The van der Waals surface area contributed by atoms with E-state index in [9.17, 15) is 4.79 Å². The number of pyridine rings is 1. The molecule has 1 N–H and O–H groups in total. The number of amides is 1. The smallest absolute Gasteiger partial charge is 0.234 e. The summed E-state index contributed by atoms with van der Waals surface area (Å²) in [5.74, 6) is 2.73. The molecule has 0 radical (unpaired) electrons. The van der Waals surface area contributed by atoms with Crippen molar-refractivity contribution in [1.82, 2.24) is 20.1 Å². The average molecular weight is 519 g/mol. The van der Waals surface area contributed by atoms with Crippen LogP contribution in [0.4, 0.5) is 0 Å². The number of carbonyl (C=O) groups excluding carboxylic acids is 1. The van der Waals surface area contributed by atoms with Crippen LogP contribution in [0, 0.1) is 0 Å². The van der Waals surface area contributed by atoms with Crippen LogP contribution in [0.1, 0.15) is 16.8 Å². The molecular weight excluding hydrogens is 484 g/mol. The third kappa shape index (κ3) is 6.42. The van der Waals surface area contributed by atoms with E-state index in [1.54, 1.807) is 20.4 Å². The summed E-state index contributed by atoms with van der Waals surface area (Å²) >= 11 is 0. The molecule has 1 saturated heterocycles. The van der Waals surface area contributed by atoms with Crippen LogP contribution in [-0.2, 0) is 29.2 Å². The zero-order chi connectivity index (χ0) is 26.5. The van der Waals surface area contributed by atoms with E-state index in [-0.39, 0.29) is 24.6 Å². The van der Waals surface area contributed by atoms with Crippen molar-refractivity contribution in [3.63, 3.8) is 0 Å². The normalized spacial score (nSPS) is 20.8. The Hall–Kier alpha value is -3.66. The highest BCUT2D eigenvalue weighted by Gasteiger charge is 2.35. The van der Waals surface area contributed by atoms with Crippen molar-refractivity contribution in [2.45, 2.75) is 31.8 Å². The van der Waals surface area contributed by atoms with E-state index >= 15 is 0 Å². The molecule has 2 atom stereocenters. The molecule has 9 heteroatoms. The third-order valence-electron chi connectivity index (χ3n) is 6.78. The lowest BCUT2D eigenvalue weighted by molar-refractivity contribution is -0.123. The Morgan fingerprint density at radius 3 is 2.76 bits per heavy atom. The fraction of sp³-hybridized carbons (Fsp3) is 0.379. The molecule has 0 aliphatic carbocycles. The van der Waals surface area contributed by atoms with Crippen LogP contribution >= 0.6 is 0 Å². The first-order valence-electron chi connectivity index (χ1n) is 12.7. The molecule has 0 saturated carbocycles. The maximum Gasteiger partial charge on any atom is 0.234 e. The van der Waals surface area contributed by atoms with Crippen molar-refractivity contribution >= 4 is 5.91 Å². The minimum absolute atomic E-state index is 0.0356. The Labute approximate surface area is 223 Å². The van der Waals surface area contributed by atoms with Crippen molar-refractivity contribution in [2.75, 3.05) is 40.9 Å². The lowest BCUT2D eigenvalue weighted by Gasteiger charge is -2.23. The molecule has 9 nitrogen and oxygen atoms in total. The van der Waals surface area contributed by atoms with Crippen LogP contribution in [-0.4, -0.2) is 73.7 Å². The van der Waals surface area contributed by atoms with Crippen LogP contribution in [0.3, 0.4) is 0 Å². The second-order valence-electron chi connectivity index (χ2n) is 9.81. The molecule has 5 rings (SSSR count). The van der Waals surface area contributed by atoms with E-state index in [4.69, 9.17) is 18.9 Å². The Morgan fingerprint density at radius 2 is 1.92 bits per heavy atom. The van der Waals surface area contributed by atoms with Gasteiger partial charge in [-0.3, -0.25) is 19.6 Å². The van der Waals surface area contributed by atoms with Crippen LogP contribution in [0.2, 0.25) is 0 Å². The van der Waals surface area contributed by atoms with Crippen molar-refractivity contribution < 1.29 is 23.7 Å². The standard InChI is InChI=1S/C29H34N4O5/c1-32-14-20-7-8-26(36-3)27(12-20)38-24-6-4-5-21(11-24)19-37-28-17-33(16-25(28)31-29(34)18-32)15-22-13-23(35-2)9-10-30-22/h4-13,25,28H,14-19H2,1-3H3,(H,31,34)/t25-,28-/m0/s1. The second kappa shape index (κ2) is 11.8. The van der Waals surface area contributed by atoms with E-state index in [0.29, 0.717) is 50.0 Å². The van der Waals surface area contributed by atoms with Gasteiger partial charge in [-0.1, -0.05) is 18.2 Å². The first-order chi connectivity index (χ1) is 18.5. The summed E-state index contributed by atoms with van der Waals surface area (Å²) in [5, 5.41) is 3.22. The SMILES string of the molecule is COc1ccnc(CN2C[C@@H]3NC(=O)CN(C)Cc4ccc(OC)c(c4)Oc4cccc(c4)CO[C@H]3C2)c1. The van der Waals surface area contributed by atoms with Crippen molar-refractivity contribution in [3.8, 4) is 23.0 Å². The number of benzene rings is 2. The summed E-state index contributed by atoms with van der Waals surface area (Å²) in [4.78, 5) is 21.8. The summed E-state index contributed by atoms with van der Waals surface area (Å²) < 4.78 is 23.5. The van der Waals surface area contributed by atoms with Crippen LogP contribution in [0.15, 0.2) is 60.8 Å². The van der Waals surface area contributed by atoms with Gasteiger partial charge in [-0.15, -0.1) is 0 Å². The lowest BCUT2D eigenvalue weighted by atomic mass is 10.1. The molecule has 0 unspecified atom stereocenters. The first kappa shape index (κ1) is 26.0. The van der Waals surface area contributed by atoms with E-state index in [1.165, 1.54) is 0 Å². The molecule has 2 aliphatic rings. The van der Waals surface area contributed by atoms with Crippen LogP contribution in [0.5, 0.6) is 23.0 Å². The minimum atomic E-state index is -0.167. The predicted molar refractivity (Wildman–Crippen MR) is 142 cm³/mol. The molecule has 1 fully saturated rings. The highest BCUT2D eigenvalue weighted by Crippen LogP contribution is 2.33. The molecule has 4 bridgehead atoms. The molecule has 2 aromatic carbocycles. The van der Waals surface area contributed by atoms with Crippen molar-refractivity contribution in [3.05, 3.63) is 77.6 Å². The Kier molecular flexibility index (Phi) is 8.07. The number of fused-ring (bicyclic) bond motifs is 5. The van der Waals surface area contributed by atoms with Crippen molar-refractivity contribution in [1.29, 1.82) is 0 Å². The Bertz CT molecular complexity index is 1270. The van der Waals surface area contributed by atoms with Crippen LogP contribution in [0.25, 0.3) is 0 Å². The van der Waals surface area contributed by atoms with Gasteiger partial charge in [0.2, 0.25) is 5.91 Å². The number of ether oxygens (including phenoxy) is 4. The monoisotopic (exact) mass is 518 g/mol. The Morgan fingerprint density at radius 1 is 1.03 bits per heavy atom. The molecule has 200 valence electrons. The molecular formula is C29H34N4O5. The second-order valence-corrected chi connectivity index (χ2v) is 9.81. The first-order valence-corrected chi connectivity index (χ1v) is 12.7. The van der Waals surface area contributed by atoms with Gasteiger partial charge in [0, 0.05) is 38.4 Å². The number of likely N-dealkylation sites (tertiary alicyclic amines) is 1. The minimum Gasteiger partial charge on any atom is -0.497 e. The largest absolute Gasteiger partial charge is 0.497 e. The number of carbonyl (C=O) groups is 1. The van der Waals surface area contributed by atoms with Gasteiger partial charge in [0.1, 0.15) is 11.5 Å². The number of nitrogens with one attached hydrogen (secondary N) is 1. The zero-order valence-electron chi connectivity index (χ0n) is 22.1. The number of nitrogens with zero attached hydrogens (tertiary/aromatic N) is 3. The molecule has 3 heterocycles. The quantitative estimate of drug-likeness (QED) is 0.564. The van der Waals surface area contributed by atoms with E-state index in [1.807, 2.05) is 66.5 Å². The summed E-state index contributed by atoms with van der Waals surface area (Å²) in [5.41, 5.74) is 2.93. The average Bonchev–Trinajstić information content (AvgIpc) is 3.27. The maximum atomic E-state index is 13.0. The van der Waals surface area contributed by atoms with Gasteiger partial charge in [0.15, 0.2) is 11.5 Å². The van der Waals surface area contributed by atoms with Gasteiger partial charge in [0.05, 0.1) is 45.2 Å². The van der Waals surface area contributed by atoms with Gasteiger partial charge in [-0.2, -0.15) is 0 Å². The molecule has 3 aromatic rings. The number of methoxy groups -OCH3 is 2. The topological polar surface area (TPSA) is 85.4 Å². The highest BCUT2D eigenvalue weighted by molar-refractivity contribution is 5.78. The van der Waals surface area contributed by atoms with Gasteiger partial charge >= 0.3 is 0 Å². The number of hydrogen-bond acceptors (Lipinski definition) is 8. The van der Waals surface area contributed by atoms with E-state index < -0.39 is 0 Å². The highest BCUT2D eigenvalue weighted by atomic mass is 16.5. The molecule has 38 heavy (non-hydrogen) atoms. The molecule has 2 aliphatic heterocycles. The van der Waals surface area contributed by atoms with Crippen molar-refractivity contribution in [2.24, 2.45) is 0 Å². The maximum absolute atomic E-state index is 13.0. The fourth-order valence-electron chi connectivity index (χ4n) is 4.98. The lowest BCUT2D eigenvalue weighted by Crippen LogP contribution is -2.47. The van der Waals surface area contributed by atoms with Gasteiger partial charge in [0.25, 0.3) is 0 Å². The number of likely N-dealkylation sites (N-methyl/N-ethyl adjacent to an activating group) is 1. The summed E-state index contributed by atoms with van der Waals surface area (Å²) in [6, 6.07) is 17.3. The summed E-state index contributed by atoms with van der Waals surface area (Å²) in [6.07, 6.45) is 1.58. The third-order valence-corrected chi connectivity index (χ3v) is 6.78. The Balaban J connectivity index is 1.37. The zero-order valence-corrected chi connectivity index (χ0v) is 22.1. The predicted octanol–water partition coefficient (Wildman–Crippen LogP) is 3.22. The summed E-state index contributed by atoms with van der Waals surface area (Å²) in [6.45, 7) is 3.25. The molecule has 1 aromatic heterocycles. The summed E-state index contributed by atoms with van der Waals surface area (Å²) in [7, 11) is 5.20. The van der Waals surface area contributed by atoms with Gasteiger partial charge in [-0.05, 0) is 48.5 Å². The number of aromatic nitrogens is 1. The van der Waals surface area contributed by atoms with Crippen LogP contribution < -0.4 is 19.5 Å². The van der Waals surface area contributed by atoms with Gasteiger partial charge < -0.3 is 24.3 Å². The fourth-order valence-corrected chi connectivity index (χ4v) is 4.98. The van der Waals surface area contributed by atoms with Gasteiger partial charge in [-0.25, -0.2) is 0 Å². The number of rotatable bonds is 4. The molecule has 0 spiro atoms. The van der Waals surface area contributed by atoms with E-state index in [2.05, 4.69) is 15.2 Å².